The van der Waals surface area contributed by atoms with Crippen LogP contribution in [-0.4, -0.2) is 25.5 Å². The van der Waals surface area contributed by atoms with E-state index in [1.807, 2.05) is 37.3 Å². The number of benzene rings is 1. The van der Waals surface area contributed by atoms with Crippen LogP contribution in [0.3, 0.4) is 0 Å². The third-order valence-electron chi connectivity index (χ3n) is 4.32. The molecule has 1 unspecified atom stereocenters. The first kappa shape index (κ1) is 18.8. The Morgan fingerprint density at radius 3 is 2.48 bits per heavy atom. The van der Waals surface area contributed by atoms with Gasteiger partial charge in [0, 0.05) is 17.0 Å². The van der Waals surface area contributed by atoms with Crippen LogP contribution >= 0.6 is 0 Å². The molecular formula is C18H18F3N5O. The van der Waals surface area contributed by atoms with Crippen molar-refractivity contribution < 1.29 is 18.0 Å². The molecule has 0 fully saturated rings. The number of aryl methyl sites for hydroxylation is 2. The van der Waals surface area contributed by atoms with E-state index in [1.54, 1.807) is 13.8 Å². The van der Waals surface area contributed by atoms with Crippen LogP contribution in [0.25, 0.3) is 5.78 Å². The fourth-order valence-corrected chi connectivity index (χ4v) is 2.86. The highest BCUT2D eigenvalue weighted by Crippen LogP contribution is 2.27. The van der Waals surface area contributed by atoms with Gasteiger partial charge in [0.25, 0.3) is 11.6 Å². The maximum Gasteiger partial charge on any atom is 0.453 e. The summed E-state index contributed by atoms with van der Waals surface area (Å²) in [6, 6.07) is 9.27. The molecule has 0 bridgehead atoms. The van der Waals surface area contributed by atoms with Gasteiger partial charge in [-0.3, -0.25) is 4.79 Å². The molecule has 0 aliphatic carbocycles. The maximum absolute atomic E-state index is 12.8. The molecule has 9 heteroatoms. The number of halogens is 3. The predicted octanol–water partition coefficient (Wildman–Crippen LogP) is 3.18. The van der Waals surface area contributed by atoms with Gasteiger partial charge in [-0.25, -0.2) is 9.50 Å². The number of rotatable bonds is 4. The molecule has 1 atom stereocenters. The van der Waals surface area contributed by atoms with Crippen LogP contribution in [0.15, 0.2) is 30.3 Å². The van der Waals surface area contributed by atoms with Gasteiger partial charge in [0.1, 0.15) is 0 Å². The fraction of sp³-hybridized carbons (Fsp3) is 0.333. The molecule has 142 valence electrons. The predicted molar refractivity (Wildman–Crippen MR) is 92.0 cm³/mol. The second kappa shape index (κ2) is 6.98. The summed E-state index contributed by atoms with van der Waals surface area (Å²) in [5, 5.41) is 6.37. The van der Waals surface area contributed by atoms with Crippen LogP contribution in [0.4, 0.5) is 13.2 Å². The summed E-state index contributed by atoms with van der Waals surface area (Å²) in [6.45, 7) is 5.10. The molecule has 0 radical (unpaired) electrons. The SMILES string of the molecule is Cc1nc2nc(C(F)(F)F)nn2c(C)c1CC(=O)NC(C)c1ccccc1. The largest absolute Gasteiger partial charge is 0.453 e. The number of hydrogen-bond acceptors (Lipinski definition) is 4. The second-order valence-electron chi connectivity index (χ2n) is 6.28. The van der Waals surface area contributed by atoms with Gasteiger partial charge in [-0.05, 0) is 26.3 Å². The lowest BCUT2D eigenvalue weighted by atomic mass is 10.1. The molecule has 1 amide bonds. The Bertz CT molecular complexity index is 982. The summed E-state index contributed by atoms with van der Waals surface area (Å²) in [7, 11) is 0. The Morgan fingerprint density at radius 1 is 1.19 bits per heavy atom. The van der Waals surface area contributed by atoms with Crippen molar-refractivity contribution in [1.82, 2.24) is 24.9 Å². The molecule has 3 rings (SSSR count). The zero-order chi connectivity index (χ0) is 19.8. The number of carbonyl (C=O) groups excluding carboxylic acids is 1. The molecule has 0 aliphatic rings. The summed E-state index contributed by atoms with van der Waals surface area (Å²) in [4.78, 5) is 19.9. The number of aromatic nitrogens is 4. The minimum atomic E-state index is -4.66. The number of hydrogen-bond donors (Lipinski definition) is 1. The zero-order valence-electron chi connectivity index (χ0n) is 15.0. The average Bonchev–Trinajstić information content (AvgIpc) is 3.04. The van der Waals surface area contributed by atoms with E-state index in [4.69, 9.17) is 0 Å². The van der Waals surface area contributed by atoms with Crippen LogP contribution in [-0.2, 0) is 17.4 Å². The van der Waals surface area contributed by atoms with Gasteiger partial charge in [-0.2, -0.15) is 18.2 Å². The second-order valence-corrected chi connectivity index (χ2v) is 6.28. The van der Waals surface area contributed by atoms with E-state index in [0.29, 0.717) is 17.0 Å². The van der Waals surface area contributed by atoms with E-state index in [9.17, 15) is 18.0 Å². The van der Waals surface area contributed by atoms with E-state index in [2.05, 4.69) is 20.4 Å². The quantitative estimate of drug-likeness (QED) is 0.758. The summed E-state index contributed by atoms with van der Waals surface area (Å²) >= 11 is 0. The Balaban J connectivity index is 1.85. The minimum Gasteiger partial charge on any atom is -0.349 e. The van der Waals surface area contributed by atoms with Gasteiger partial charge in [0.05, 0.1) is 12.5 Å². The molecule has 6 nitrogen and oxygen atoms in total. The lowest BCUT2D eigenvalue weighted by Crippen LogP contribution is -2.29. The normalized spacial score (nSPS) is 13.0. The highest BCUT2D eigenvalue weighted by molar-refractivity contribution is 5.79. The lowest BCUT2D eigenvalue weighted by molar-refractivity contribution is -0.144. The number of fused-ring (bicyclic) bond motifs is 1. The van der Waals surface area contributed by atoms with Crippen molar-refractivity contribution in [3.8, 4) is 0 Å². The van der Waals surface area contributed by atoms with Crippen molar-refractivity contribution in [2.45, 2.75) is 39.4 Å². The van der Waals surface area contributed by atoms with Crippen LogP contribution in [0.2, 0.25) is 0 Å². The van der Waals surface area contributed by atoms with Gasteiger partial charge in [-0.1, -0.05) is 30.3 Å². The number of nitrogens with zero attached hydrogens (tertiary/aromatic N) is 4. The van der Waals surface area contributed by atoms with E-state index in [1.165, 1.54) is 0 Å². The third-order valence-corrected chi connectivity index (χ3v) is 4.32. The lowest BCUT2D eigenvalue weighted by Gasteiger charge is -2.15. The molecule has 0 saturated carbocycles. The zero-order valence-corrected chi connectivity index (χ0v) is 15.0. The van der Waals surface area contributed by atoms with Crippen molar-refractivity contribution in [3.63, 3.8) is 0 Å². The van der Waals surface area contributed by atoms with Crippen molar-refractivity contribution in [3.05, 3.63) is 58.7 Å². The van der Waals surface area contributed by atoms with Gasteiger partial charge in [0.15, 0.2) is 0 Å². The molecule has 0 saturated heterocycles. The summed E-state index contributed by atoms with van der Waals surface area (Å²) < 4.78 is 39.6. The van der Waals surface area contributed by atoms with Crippen LogP contribution in [0.1, 0.15) is 41.3 Å². The highest BCUT2D eigenvalue weighted by atomic mass is 19.4. The Kier molecular flexibility index (Phi) is 4.86. The van der Waals surface area contributed by atoms with E-state index in [-0.39, 0.29) is 24.1 Å². The molecular weight excluding hydrogens is 359 g/mol. The van der Waals surface area contributed by atoms with Gasteiger partial charge in [0.2, 0.25) is 5.91 Å². The number of nitrogens with one attached hydrogen (secondary N) is 1. The third kappa shape index (κ3) is 3.91. The molecule has 1 aromatic carbocycles. The first-order chi connectivity index (χ1) is 12.7. The monoisotopic (exact) mass is 377 g/mol. The smallest absolute Gasteiger partial charge is 0.349 e. The van der Waals surface area contributed by atoms with Crippen LogP contribution in [0.5, 0.6) is 0 Å². The van der Waals surface area contributed by atoms with Crippen LogP contribution < -0.4 is 5.32 Å². The highest BCUT2D eigenvalue weighted by Gasteiger charge is 2.37. The summed E-state index contributed by atoms with van der Waals surface area (Å²) in [5.74, 6) is -1.65. The Morgan fingerprint density at radius 2 is 1.85 bits per heavy atom. The standard InChI is InChI=1S/C18H18F3N5O/c1-10(13-7-5-4-6-8-13)22-15(27)9-14-11(2)23-17-24-16(18(19,20)21)25-26(17)12(14)3/h4-8,10H,9H2,1-3H3,(H,22,27). The van der Waals surface area contributed by atoms with Crippen molar-refractivity contribution in [2.75, 3.05) is 0 Å². The Labute approximate surface area is 153 Å². The van der Waals surface area contributed by atoms with E-state index >= 15 is 0 Å². The van der Waals surface area contributed by atoms with Gasteiger partial charge in [-0.15, -0.1) is 5.10 Å². The molecule has 0 aliphatic heterocycles. The number of carbonyl (C=O) groups is 1. The molecule has 1 N–H and O–H groups in total. The Hall–Kier alpha value is -2.97. The fourth-order valence-electron chi connectivity index (χ4n) is 2.86. The summed E-state index contributed by atoms with van der Waals surface area (Å²) in [5.41, 5.74) is 2.34. The van der Waals surface area contributed by atoms with E-state index < -0.39 is 12.0 Å². The molecule has 3 aromatic rings. The van der Waals surface area contributed by atoms with Crippen molar-refractivity contribution in [1.29, 1.82) is 0 Å². The van der Waals surface area contributed by atoms with E-state index in [0.717, 1.165) is 10.1 Å². The van der Waals surface area contributed by atoms with Gasteiger partial charge >= 0.3 is 6.18 Å². The maximum atomic E-state index is 12.8. The first-order valence-electron chi connectivity index (χ1n) is 8.31. The molecule has 27 heavy (non-hydrogen) atoms. The van der Waals surface area contributed by atoms with Gasteiger partial charge < -0.3 is 5.32 Å². The average molecular weight is 377 g/mol. The molecule has 2 heterocycles. The first-order valence-corrected chi connectivity index (χ1v) is 8.31. The van der Waals surface area contributed by atoms with Crippen molar-refractivity contribution in [2.24, 2.45) is 0 Å². The van der Waals surface area contributed by atoms with Crippen LogP contribution in [0, 0.1) is 13.8 Å². The molecule has 0 spiro atoms. The number of alkyl halides is 3. The summed E-state index contributed by atoms with van der Waals surface area (Å²) in [6.07, 6.45) is -4.67. The number of amides is 1. The van der Waals surface area contributed by atoms with Crippen molar-refractivity contribution >= 4 is 11.7 Å². The topological polar surface area (TPSA) is 72.2 Å². The minimum absolute atomic E-state index is 0.0149. The molecule has 2 aromatic heterocycles.